The Kier molecular flexibility index (Phi) is 7.01. The largest absolute Gasteiger partial charge is 0.352 e. The summed E-state index contributed by atoms with van der Waals surface area (Å²) in [6.45, 7) is 5.70. The van der Waals surface area contributed by atoms with E-state index in [1.807, 2.05) is 23.0 Å². The lowest BCUT2D eigenvalue weighted by Crippen LogP contribution is -2.53. The van der Waals surface area contributed by atoms with Crippen molar-refractivity contribution in [3.05, 3.63) is 30.4 Å². The van der Waals surface area contributed by atoms with Crippen LogP contribution in [0.2, 0.25) is 0 Å². The van der Waals surface area contributed by atoms with Gasteiger partial charge in [0.2, 0.25) is 5.91 Å². The highest BCUT2D eigenvalue weighted by molar-refractivity contribution is 5.95. The molecule has 2 atom stereocenters. The van der Waals surface area contributed by atoms with Gasteiger partial charge in [-0.05, 0) is 31.9 Å². The molecule has 0 aromatic carbocycles. The van der Waals surface area contributed by atoms with Crippen molar-refractivity contribution in [2.45, 2.75) is 50.6 Å². The molecule has 2 fully saturated rings. The summed E-state index contributed by atoms with van der Waals surface area (Å²) >= 11 is 0. The molecule has 5 rings (SSSR count). The van der Waals surface area contributed by atoms with Gasteiger partial charge in [-0.15, -0.1) is 0 Å². The molecule has 0 radical (unpaired) electrons. The van der Waals surface area contributed by atoms with Crippen LogP contribution >= 0.6 is 0 Å². The topological polar surface area (TPSA) is 98.3 Å². The molecule has 9 nitrogen and oxygen atoms in total. The molecule has 1 aliphatic carbocycles. The smallest absolute Gasteiger partial charge is 0.268 e. The average Bonchev–Trinajstić information content (AvgIpc) is 3.53. The van der Waals surface area contributed by atoms with Crippen LogP contribution in [0.25, 0.3) is 11.1 Å². The second-order valence-corrected chi connectivity index (χ2v) is 10.3. The van der Waals surface area contributed by atoms with Crippen LogP contribution in [0, 0.1) is 5.92 Å². The molecule has 0 spiro atoms. The van der Waals surface area contributed by atoms with E-state index in [0.29, 0.717) is 24.6 Å². The standard InChI is InChI=1S/C25H37N7O2/c1-30-7-9-31(10-8-30)17-22(18-5-3-2-4-6-18)29-24(33)12-21-15-26-25(34)23-11-19(16-32(21)23)20-13-27-28-14-20/h11,13-14,16,18,21-22H,2-10,12,15,17H2,1H3,(H,26,34)(H,27,28)(H,29,33)/t21-,22+/m0/s1. The second kappa shape index (κ2) is 10.3. The van der Waals surface area contributed by atoms with Gasteiger partial charge >= 0.3 is 0 Å². The number of H-pyrrole nitrogens is 1. The van der Waals surface area contributed by atoms with Crippen LogP contribution in [0.3, 0.4) is 0 Å². The second-order valence-electron chi connectivity index (χ2n) is 10.3. The summed E-state index contributed by atoms with van der Waals surface area (Å²) in [7, 11) is 2.17. The minimum Gasteiger partial charge on any atom is -0.352 e. The van der Waals surface area contributed by atoms with E-state index in [9.17, 15) is 9.59 Å². The first-order valence-corrected chi connectivity index (χ1v) is 12.8. The number of nitrogens with one attached hydrogen (secondary N) is 3. The molecule has 0 bridgehead atoms. The Balaban J connectivity index is 1.27. The Hall–Kier alpha value is -2.65. The number of aromatic nitrogens is 3. The van der Waals surface area contributed by atoms with E-state index in [-0.39, 0.29) is 23.9 Å². The molecule has 1 saturated carbocycles. The summed E-state index contributed by atoms with van der Waals surface area (Å²) in [5.41, 5.74) is 2.46. The molecule has 34 heavy (non-hydrogen) atoms. The summed E-state index contributed by atoms with van der Waals surface area (Å²) in [5.74, 6) is 0.537. The minimum absolute atomic E-state index is 0.0790. The molecular formula is C25H37N7O2. The molecule has 1 saturated heterocycles. The Bertz CT molecular complexity index is 972. The fraction of sp³-hybridized carbons (Fsp3) is 0.640. The van der Waals surface area contributed by atoms with Gasteiger partial charge in [0.25, 0.3) is 5.91 Å². The van der Waals surface area contributed by atoms with Gasteiger partial charge in [0, 0.05) is 75.3 Å². The monoisotopic (exact) mass is 467 g/mol. The van der Waals surface area contributed by atoms with E-state index in [1.165, 1.54) is 32.1 Å². The zero-order chi connectivity index (χ0) is 23.5. The van der Waals surface area contributed by atoms with Crippen molar-refractivity contribution < 1.29 is 9.59 Å². The van der Waals surface area contributed by atoms with Gasteiger partial charge < -0.3 is 20.1 Å². The van der Waals surface area contributed by atoms with Crippen LogP contribution in [0.4, 0.5) is 0 Å². The van der Waals surface area contributed by atoms with Crippen molar-refractivity contribution in [2.75, 3.05) is 46.3 Å². The van der Waals surface area contributed by atoms with Gasteiger partial charge in [-0.25, -0.2) is 0 Å². The van der Waals surface area contributed by atoms with E-state index in [0.717, 1.165) is 43.9 Å². The number of rotatable bonds is 7. The number of carbonyl (C=O) groups is 2. The zero-order valence-electron chi connectivity index (χ0n) is 20.1. The van der Waals surface area contributed by atoms with Crippen molar-refractivity contribution in [3.8, 4) is 11.1 Å². The van der Waals surface area contributed by atoms with Crippen LogP contribution in [-0.4, -0.2) is 88.7 Å². The first-order chi connectivity index (χ1) is 16.6. The SMILES string of the molecule is CN1CCN(C[C@@H](NC(=O)C[C@H]2CNC(=O)c3cc(-c4cn[nH]c4)cn32)C2CCCCC2)CC1. The molecule has 2 aromatic heterocycles. The molecule has 2 aliphatic heterocycles. The first-order valence-electron chi connectivity index (χ1n) is 12.8. The van der Waals surface area contributed by atoms with E-state index in [2.05, 4.69) is 37.7 Å². The quantitative estimate of drug-likeness (QED) is 0.578. The molecule has 9 heteroatoms. The maximum absolute atomic E-state index is 13.3. The lowest BCUT2D eigenvalue weighted by atomic mass is 9.83. The number of hydrogen-bond donors (Lipinski definition) is 3. The Morgan fingerprint density at radius 3 is 2.71 bits per heavy atom. The van der Waals surface area contributed by atoms with Crippen molar-refractivity contribution in [3.63, 3.8) is 0 Å². The summed E-state index contributed by atoms with van der Waals surface area (Å²) in [6, 6.07) is 1.98. The maximum Gasteiger partial charge on any atom is 0.268 e. The minimum atomic E-state index is -0.0958. The lowest BCUT2D eigenvalue weighted by molar-refractivity contribution is -0.123. The third kappa shape index (κ3) is 5.20. The highest BCUT2D eigenvalue weighted by atomic mass is 16.2. The number of aromatic amines is 1. The lowest BCUT2D eigenvalue weighted by Gasteiger charge is -2.38. The number of fused-ring (bicyclic) bond motifs is 1. The van der Waals surface area contributed by atoms with Gasteiger partial charge in [-0.2, -0.15) is 5.10 Å². The van der Waals surface area contributed by atoms with Crippen molar-refractivity contribution >= 4 is 11.8 Å². The van der Waals surface area contributed by atoms with Gasteiger partial charge in [-0.1, -0.05) is 19.3 Å². The van der Waals surface area contributed by atoms with Crippen LogP contribution < -0.4 is 10.6 Å². The highest BCUT2D eigenvalue weighted by Crippen LogP contribution is 2.29. The molecule has 2 aromatic rings. The van der Waals surface area contributed by atoms with Crippen LogP contribution in [0.1, 0.15) is 55.1 Å². The molecule has 0 unspecified atom stereocenters. The summed E-state index contributed by atoms with van der Waals surface area (Å²) in [4.78, 5) is 30.7. The number of carbonyl (C=O) groups excluding carboxylic acids is 2. The molecule has 2 amide bonds. The van der Waals surface area contributed by atoms with E-state index < -0.39 is 0 Å². The van der Waals surface area contributed by atoms with Gasteiger partial charge in [0.05, 0.1) is 12.2 Å². The number of amides is 2. The number of piperazine rings is 1. The third-order valence-corrected chi connectivity index (χ3v) is 7.84. The molecule has 3 N–H and O–H groups in total. The molecular weight excluding hydrogens is 430 g/mol. The first kappa shape index (κ1) is 23.1. The van der Waals surface area contributed by atoms with Crippen molar-refractivity contribution in [1.82, 2.24) is 35.2 Å². The fourth-order valence-corrected chi connectivity index (χ4v) is 5.74. The van der Waals surface area contributed by atoms with Crippen molar-refractivity contribution in [1.29, 1.82) is 0 Å². The molecule has 3 aliphatic rings. The summed E-state index contributed by atoms with van der Waals surface area (Å²) in [6.07, 6.45) is 12.1. The van der Waals surface area contributed by atoms with Crippen molar-refractivity contribution in [2.24, 2.45) is 5.92 Å². The van der Waals surface area contributed by atoms with E-state index >= 15 is 0 Å². The Morgan fingerprint density at radius 2 is 1.97 bits per heavy atom. The van der Waals surface area contributed by atoms with Crippen LogP contribution in [0.15, 0.2) is 24.7 Å². The third-order valence-electron chi connectivity index (χ3n) is 7.84. The zero-order valence-corrected chi connectivity index (χ0v) is 20.1. The maximum atomic E-state index is 13.3. The fourth-order valence-electron chi connectivity index (χ4n) is 5.74. The van der Waals surface area contributed by atoms with Crippen LogP contribution in [-0.2, 0) is 4.79 Å². The van der Waals surface area contributed by atoms with E-state index in [1.54, 1.807) is 6.20 Å². The van der Waals surface area contributed by atoms with Gasteiger partial charge in [-0.3, -0.25) is 19.6 Å². The summed E-state index contributed by atoms with van der Waals surface area (Å²) < 4.78 is 1.97. The molecule has 4 heterocycles. The highest BCUT2D eigenvalue weighted by Gasteiger charge is 2.31. The normalized spacial score (nSPS) is 23.3. The number of likely N-dealkylation sites (N-methyl/N-ethyl adjacent to an activating group) is 1. The molecule has 184 valence electrons. The van der Waals surface area contributed by atoms with Gasteiger partial charge in [0.15, 0.2) is 0 Å². The summed E-state index contributed by atoms with van der Waals surface area (Å²) in [5, 5.41) is 13.2. The van der Waals surface area contributed by atoms with E-state index in [4.69, 9.17) is 0 Å². The number of nitrogens with zero attached hydrogens (tertiary/aromatic N) is 4. The number of hydrogen-bond acceptors (Lipinski definition) is 5. The average molecular weight is 468 g/mol. The predicted octanol–water partition coefficient (Wildman–Crippen LogP) is 1.87. The predicted molar refractivity (Wildman–Crippen MR) is 130 cm³/mol. The van der Waals surface area contributed by atoms with Gasteiger partial charge in [0.1, 0.15) is 5.69 Å². The Morgan fingerprint density at radius 1 is 1.18 bits per heavy atom. The Labute approximate surface area is 201 Å². The van der Waals surface area contributed by atoms with Crippen LogP contribution in [0.5, 0.6) is 0 Å².